The molecule has 0 unspecified atom stereocenters. The zero-order valence-electron chi connectivity index (χ0n) is 19.9. The molecular formula is C25H20F5N3O6. The third-order valence-electron chi connectivity index (χ3n) is 5.82. The van der Waals surface area contributed by atoms with E-state index in [2.05, 4.69) is 4.74 Å². The highest BCUT2D eigenvalue weighted by Gasteiger charge is 2.44. The quantitative estimate of drug-likeness (QED) is 0.308. The Labute approximate surface area is 217 Å². The maximum Gasteiger partial charge on any atom is 0.461 e. The maximum atomic E-state index is 14.7. The first kappa shape index (κ1) is 27.5. The fourth-order valence-electron chi connectivity index (χ4n) is 3.91. The first-order chi connectivity index (χ1) is 18.4. The van der Waals surface area contributed by atoms with Crippen LogP contribution in [0.5, 0.6) is 11.5 Å². The number of carbonyl (C=O) groups is 4. The van der Waals surface area contributed by atoms with Gasteiger partial charge in [0.25, 0.3) is 17.7 Å². The number of barbiturate groups is 1. The molecule has 5 amide bonds. The van der Waals surface area contributed by atoms with Crippen LogP contribution in [0.3, 0.4) is 0 Å². The number of likely N-dealkylation sites (tertiary alicyclic amines) is 1. The van der Waals surface area contributed by atoms with Gasteiger partial charge >= 0.3 is 18.6 Å². The highest BCUT2D eigenvalue weighted by atomic mass is 19.3. The standard InChI is InChI=1S/C25H20F5N3O6/c26-18-11-13(10-17-20(34)31-24(37)32-21(17)35)4-5-19(18)38-15-6-8-33(9-7-15)22(36)14-2-1-3-16(12-14)39-25(29,30)23(27)28/h1-5,10-12,15,23H,6-9H2,(H2,31,32,34,35,37). The van der Waals surface area contributed by atoms with E-state index in [-0.39, 0.29) is 35.5 Å². The van der Waals surface area contributed by atoms with Crippen molar-refractivity contribution in [3.8, 4) is 11.5 Å². The number of rotatable bonds is 7. The summed E-state index contributed by atoms with van der Waals surface area (Å²) in [5, 5.41) is 3.82. The minimum atomic E-state index is -4.71. The van der Waals surface area contributed by atoms with Crippen LogP contribution in [0.25, 0.3) is 6.08 Å². The lowest BCUT2D eigenvalue weighted by Crippen LogP contribution is -2.51. The average molecular weight is 553 g/mol. The van der Waals surface area contributed by atoms with Crippen LogP contribution in [0.4, 0.5) is 26.7 Å². The summed E-state index contributed by atoms with van der Waals surface area (Å²) in [7, 11) is 0. The molecule has 2 heterocycles. The summed E-state index contributed by atoms with van der Waals surface area (Å²) < 4.78 is 75.6. The number of hydrogen-bond donors (Lipinski definition) is 2. The molecular weight excluding hydrogens is 533 g/mol. The van der Waals surface area contributed by atoms with Crippen molar-refractivity contribution in [2.45, 2.75) is 31.5 Å². The Morgan fingerprint density at radius 2 is 1.69 bits per heavy atom. The Balaban J connectivity index is 1.34. The van der Waals surface area contributed by atoms with Crippen molar-refractivity contribution < 1.29 is 50.6 Å². The Morgan fingerprint density at radius 1 is 1.03 bits per heavy atom. The fraction of sp³-hybridized carbons (Fsp3) is 0.280. The molecule has 0 saturated carbocycles. The Morgan fingerprint density at radius 3 is 2.31 bits per heavy atom. The van der Waals surface area contributed by atoms with Crippen LogP contribution in [-0.2, 0) is 9.59 Å². The van der Waals surface area contributed by atoms with Gasteiger partial charge in [0.2, 0.25) is 0 Å². The zero-order chi connectivity index (χ0) is 28.3. The number of nitrogens with zero attached hydrogens (tertiary/aromatic N) is 1. The van der Waals surface area contributed by atoms with Crippen molar-refractivity contribution in [2.24, 2.45) is 0 Å². The topological polar surface area (TPSA) is 114 Å². The zero-order valence-corrected chi connectivity index (χ0v) is 19.9. The van der Waals surface area contributed by atoms with Crippen LogP contribution in [0.1, 0.15) is 28.8 Å². The summed E-state index contributed by atoms with van der Waals surface area (Å²) in [4.78, 5) is 49.0. The fourth-order valence-corrected chi connectivity index (χ4v) is 3.91. The van der Waals surface area contributed by atoms with Crippen molar-refractivity contribution in [3.63, 3.8) is 0 Å². The van der Waals surface area contributed by atoms with Gasteiger partial charge in [-0.2, -0.15) is 17.6 Å². The first-order valence-corrected chi connectivity index (χ1v) is 11.5. The van der Waals surface area contributed by atoms with E-state index in [0.29, 0.717) is 12.8 Å². The largest absolute Gasteiger partial charge is 0.487 e. The van der Waals surface area contributed by atoms with Gasteiger partial charge in [-0.05, 0) is 42.0 Å². The second-order valence-corrected chi connectivity index (χ2v) is 8.59. The molecule has 0 spiro atoms. The number of carbonyl (C=O) groups excluding carboxylic acids is 4. The molecule has 0 bridgehead atoms. The number of alkyl halides is 4. The number of benzene rings is 2. The summed E-state index contributed by atoms with van der Waals surface area (Å²) in [6.45, 7) is 0.382. The molecule has 2 aromatic carbocycles. The number of amides is 5. The third kappa shape index (κ3) is 6.51. The second-order valence-electron chi connectivity index (χ2n) is 8.59. The molecule has 0 aromatic heterocycles. The third-order valence-corrected chi connectivity index (χ3v) is 5.82. The lowest BCUT2D eigenvalue weighted by Gasteiger charge is -2.32. The number of hydrogen-bond acceptors (Lipinski definition) is 6. The minimum absolute atomic E-state index is 0.0302. The molecule has 9 nitrogen and oxygen atoms in total. The van der Waals surface area contributed by atoms with Gasteiger partial charge in [0, 0.05) is 31.5 Å². The monoisotopic (exact) mass is 553 g/mol. The number of ether oxygens (including phenoxy) is 2. The molecule has 2 fully saturated rings. The van der Waals surface area contributed by atoms with Gasteiger partial charge in [-0.3, -0.25) is 25.0 Å². The van der Waals surface area contributed by atoms with E-state index in [0.717, 1.165) is 24.3 Å². The molecule has 2 N–H and O–H groups in total. The predicted molar refractivity (Wildman–Crippen MR) is 124 cm³/mol. The highest BCUT2D eigenvalue weighted by Crippen LogP contribution is 2.29. The van der Waals surface area contributed by atoms with Gasteiger partial charge in [-0.25, -0.2) is 9.18 Å². The van der Waals surface area contributed by atoms with Crippen LogP contribution in [-0.4, -0.2) is 60.4 Å². The summed E-state index contributed by atoms with van der Waals surface area (Å²) in [6, 6.07) is 7.36. The SMILES string of the molecule is O=C1NC(=O)C(=Cc2ccc(OC3CCN(C(=O)c4cccc(OC(F)(F)C(F)F)c4)CC3)c(F)c2)C(=O)N1. The lowest BCUT2D eigenvalue weighted by molar-refractivity contribution is -0.253. The van der Waals surface area contributed by atoms with E-state index in [1.807, 2.05) is 10.6 Å². The number of nitrogens with one attached hydrogen (secondary N) is 2. The molecule has 2 aliphatic heterocycles. The van der Waals surface area contributed by atoms with Gasteiger partial charge in [0.05, 0.1) is 0 Å². The van der Waals surface area contributed by atoms with E-state index in [9.17, 15) is 41.1 Å². The van der Waals surface area contributed by atoms with Crippen LogP contribution in [0.15, 0.2) is 48.0 Å². The van der Waals surface area contributed by atoms with Gasteiger partial charge in [-0.15, -0.1) is 0 Å². The lowest BCUT2D eigenvalue weighted by atomic mass is 10.1. The average Bonchev–Trinajstić information content (AvgIpc) is 2.87. The number of imide groups is 2. The van der Waals surface area contributed by atoms with Crippen LogP contribution in [0, 0.1) is 5.82 Å². The van der Waals surface area contributed by atoms with E-state index in [1.165, 1.54) is 29.2 Å². The summed E-state index contributed by atoms with van der Waals surface area (Å²) in [6.07, 6.45) is -7.48. The van der Waals surface area contributed by atoms with E-state index >= 15 is 0 Å². The number of urea groups is 1. The summed E-state index contributed by atoms with van der Waals surface area (Å²) in [5.41, 5.74) is -0.232. The Hall–Kier alpha value is -4.49. The Bertz CT molecular complexity index is 1320. The molecule has 2 aliphatic rings. The highest BCUT2D eigenvalue weighted by molar-refractivity contribution is 6.31. The Kier molecular flexibility index (Phi) is 7.83. The smallest absolute Gasteiger partial charge is 0.461 e. The van der Waals surface area contributed by atoms with Gasteiger partial charge in [0.15, 0.2) is 11.6 Å². The molecule has 0 aliphatic carbocycles. The van der Waals surface area contributed by atoms with Crippen LogP contribution >= 0.6 is 0 Å². The molecule has 0 atom stereocenters. The summed E-state index contributed by atoms with van der Waals surface area (Å²) >= 11 is 0. The summed E-state index contributed by atoms with van der Waals surface area (Å²) in [5.74, 6) is -3.82. The second kappa shape index (κ2) is 11.1. The molecule has 14 heteroatoms. The minimum Gasteiger partial charge on any atom is -0.487 e. The van der Waals surface area contributed by atoms with Crippen LogP contribution in [0.2, 0.25) is 0 Å². The predicted octanol–water partition coefficient (Wildman–Crippen LogP) is 3.50. The molecule has 2 aromatic rings. The molecule has 2 saturated heterocycles. The van der Waals surface area contributed by atoms with Crippen LogP contribution < -0.4 is 20.1 Å². The van der Waals surface area contributed by atoms with Crippen molar-refractivity contribution in [1.29, 1.82) is 0 Å². The number of piperidine rings is 1. The molecule has 0 radical (unpaired) electrons. The maximum absolute atomic E-state index is 14.7. The molecule has 39 heavy (non-hydrogen) atoms. The van der Waals surface area contributed by atoms with Crippen molar-refractivity contribution in [2.75, 3.05) is 13.1 Å². The van der Waals surface area contributed by atoms with E-state index in [4.69, 9.17) is 4.74 Å². The van der Waals surface area contributed by atoms with Crippen molar-refractivity contribution in [3.05, 3.63) is 65.0 Å². The van der Waals surface area contributed by atoms with Crippen molar-refractivity contribution >= 4 is 29.8 Å². The molecule has 206 valence electrons. The normalized spacial score (nSPS) is 16.6. The van der Waals surface area contributed by atoms with Crippen molar-refractivity contribution in [1.82, 2.24) is 15.5 Å². The van der Waals surface area contributed by atoms with Gasteiger partial charge in [-0.1, -0.05) is 12.1 Å². The van der Waals surface area contributed by atoms with Gasteiger partial charge in [0.1, 0.15) is 17.4 Å². The van der Waals surface area contributed by atoms with Gasteiger partial charge < -0.3 is 14.4 Å². The van der Waals surface area contributed by atoms with E-state index in [1.54, 1.807) is 0 Å². The van der Waals surface area contributed by atoms with E-state index < -0.39 is 54.0 Å². The number of halogens is 5. The molecule has 4 rings (SSSR count). The first-order valence-electron chi connectivity index (χ1n) is 11.5.